The van der Waals surface area contributed by atoms with Crippen LogP contribution in [0.15, 0.2) is 12.1 Å². The lowest BCUT2D eigenvalue weighted by Crippen LogP contribution is -2.57. The van der Waals surface area contributed by atoms with Crippen LogP contribution in [0.2, 0.25) is 0 Å². The Kier molecular flexibility index (Phi) is 3.66. The van der Waals surface area contributed by atoms with E-state index in [0.29, 0.717) is 5.69 Å². The van der Waals surface area contributed by atoms with E-state index in [0.717, 1.165) is 24.3 Å². The lowest BCUT2D eigenvalue weighted by atomic mass is 10.1. The molecular formula is C14H21N3O. The van der Waals surface area contributed by atoms with Gasteiger partial charge in [-0.2, -0.15) is 0 Å². The maximum Gasteiger partial charge on any atom is 0.273 e. The first-order chi connectivity index (χ1) is 8.49. The average Bonchev–Trinajstić information content (AvgIpc) is 2.27. The number of carbonyl (C=O) groups is 1. The normalized spacial score (nSPS) is 24.1. The van der Waals surface area contributed by atoms with Crippen molar-refractivity contribution in [1.82, 2.24) is 15.2 Å². The molecule has 1 aromatic heterocycles. The van der Waals surface area contributed by atoms with Gasteiger partial charge in [0.05, 0.1) is 0 Å². The minimum absolute atomic E-state index is 0.0447. The molecule has 2 rings (SSSR count). The number of hydrogen-bond acceptors (Lipinski definition) is 3. The zero-order chi connectivity index (χ0) is 13.3. The van der Waals surface area contributed by atoms with Crippen molar-refractivity contribution in [3.63, 3.8) is 0 Å². The first kappa shape index (κ1) is 13.0. The number of aryl methyl sites for hydroxylation is 2. The van der Waals surface area contributed by atoms with Crippen molar-refractivity contribution in [3.05, 3.63) is 29.1 Å². The van der Waals surface area contributed by atoms with Crippen LogP contribution in [0.5, 0.6) is 0 Å². The number of nitrogens with one attached hydrogen (secondary N) is 1. The maximum atomic E-state index is 12.6. The fourth-order valence-electron chi connectivity index (χ4n) is 2.62. The standard InChI is InChI=1S/C14H21N3O/c1-9-5-10(2)16-13(6-9)14(18)17-11(3)7-15-8-12(17)4/h5-6,11-12,15H,7-8H2,1-4H3. The third-order valence-electron chi connectivity index (χ3n) is 3.38. The van der Waals surface area contributed by atoms with Gasteiger partial charge in [-0.25, -0.2) is 4.98 Å². The number of aromatic nitrogens is 1. The van der Waals surface area contributed by atoms with E-state index in [1.54, 1.807) is 0 Å². The van der Waals surface area contributed by atoms with Crippen LogP contribution >= 0.6 is 0 Å². The summed E-state index contributed by atoms with van der Waals surface area (Å²) < 4.78 is 0. The number of nitrogens with zero attached hydrogens (tertiary/aromatic N) is 2. The van der Waals surface area contributed by atoms with Crippen molar-refractivity contribution in [2.75, 3.05) is 13.1 Å². The Morgan fingerprint density at radius 2 is 1.89 bits per heavy atom. The second-order valence-electron chi connectivity index (χ2n) is 5.24. The minimum atomic E-state index is 0.0447. The van der Waals surface area contributed by atoms with Crippen molar-refractivity contribution < 1.29 is 4.79 Å². The molecule has 0 aliphatic carbocycles. The highest BCUT2D eigenvalue weighted by molar-refractivity contribution is 5.93. The van der Waals surface area contributed by atoms with Crippen molar-refractivity contribution in [3.8, 4) is 0 Å². The third kappa shape index (κ3) is 2.53. The lowest BCUT2D eigenvalue weighted by molar-refractivity contribution is 0.0538. The Hall–Kier alpha value is -1.42. The van der Waals surface area contributed by atoms with Gasteiger partial charge in [0.25, 0.3) is 5.91 Å². The summed E-state index contributed by atoms with van der Waals surface area (Å²) in [5, 5.41) is 3.33. The summed E-state index contributed by atoms with van der Waals surface area (Å²) >= 11 is 0. The van der Waals surface area contributed by atoms with Gasteiger partial charge in [-0.3, -0.25) is 4.79 Å². The molecule has 0 spiro atoms. The van der Waals surface area contributed by atoms with Crippen LogP contribution < -0.4 is 5.32 Å². The molecular weight excluding hydrogens is 226 g/mol. The molecule has 4 heteroatoms. The molecule has 0 saturated carbocycles. The number of hydrogen-bond donors (Lipinski definition) is 1. The van der Waals surface area contributed by atoms with E-state index in [1.807, 2.05) is 30.9 Å². The highest BCUT2D eigenvalue weighted by atomic mass is 16.2. The van der Waals surface area contributed by atoms with E-state index in [-0.39, 0.29) is 18.0 Å². The second-order valence-corrected chi connectivity index (χ2v) is 5.24. The van der Waals surface area contributed by atoms with Gasteiger partial charge in [0.15, 0.2) is 0 Å². The van der Waals surface area contributed by atoms with Gasteiger partial charge in [0, 0.05) is 30.9 Å². The molecule has 1 saturated heterocycles. The zero-order valence-electron chi connectivity index (χ0n) is 11.5. The van der Waals surface area contributed by atoms with Crippen LogP contribution in [0.25, 0.3) is 0 Å². The van der Waals surface area contributed by atoms with Crippen molar-refractivity contribution >= 4 is 5.91 Å². The molecule has 98 valence electrons. The zero-order valence-corrected chi connectivity index (χ0v) is 11.5. The summed E-state index contributed by atoms with van der Waals surface area (Å²) in [5.41, 5.74) is 2.54. The Balaban J connectivity index is 2.29. The molecule has 18 heavy (non-hydrogen) atoms. The van der Waals surface area contributed by atoms with Crippen LogP contribution in [-0.2, 0) is 0 Å². The van der Waals surface area contributed by atoms with E-state index in [4.69, 9.17) is 0 Å². The number of carbonyl (C=O) groups excluding carboxylic acids is 1. The van der Waals surface area contributed by atoms with Gasteiger partial charge in [-0.15, -0.1) is 0 Å². The molecule has 1 aliphatic heterocycles. The second kappa shape index (κ2) is 5.06. The summed E-state index contributed by atoms with van der Waals surface area (Å²) in [7, 11) is 0. The Morgan fingerprint density at radius 1 is 1.28 bits per heavy atom. The first-order valence-corrected chi connectivity index (χ1v) is 6.47. The highest BCUT2D eigenvalue weighted by Gasteiger charge is 2.30. The fraction of sp³-hybridized carbons (Fsp3) is 0.571. The predicted octanol–water partition coefficient (Wildman–Crippen LogP) is 1.52. The van der Waals surface area contributed by atoms with E-state index in [1.165, 1.54) is 0 Å². The molecule has 0 aromatic carbocycles. The fourth-order valence-corrected chi connectivity index (χ4v) is 2.62. The molecule has 1 fully saturated rings. The van der Waals surface area contributed by atoms with E-state index >= 15 is 0 Å². The van der Waals surface area contributed by atoms with Crippen molar-refractivity contribution in [2.45, 2.75) is 39.8 Å². The lowest BCUT2D eigenvalue weighted by Gasteiger charge is -2.39. The predicted molar refractivity (Wildman–Crippen MR) is 71.7 cm³/mol. The summed E-state index contributed by atoms with van der Waals surface area (Å²) in [6.45, 7) is 9.76. The molecule has 2 heterocycles. The van der Waals surface area contributed by atoms with Gasteiger partial charge in [-0.1, -0.05) is 0 Å². The number of amides is 1. The van der Waals surface area contributed by atoms with Crippen LogP contribution in [0.1, 0.15) is 35.6 Å². The SMILES string of the molecule is Cc1cc(C)nc(C(=O)N2C(C)CNCC2C)c1. The smallest absolute Gasteiger partial charge is 0.273 e. The quantitative estimate of drug-likeness (QED) is 0.818. The minimum Gasteiger partial charge on any atom is -0.329 e. The van der Waals surface area contributed by atoms with Crippen LogP contribution in [0.3, 0.4) is 0 Å². The summed E-state index contributed by atoms with van der Waals surface area (Å²) in [5.74, 6) is 0.0447. The average molecular weight is 247 g/mol. The molecule has 0 radical (unpaired) electrons. The third-order valence-corrected chi connectivity index (χ3v) is 3.38. The molecule has 1 aromatic rings. The Bertz CT molecular complexity index is 428. The van der Waals surface area contributed by atoms with Gasteiger partial charge in [-0.05, 0) is 45.4 Å². The molecule has 1 N–H and O–H groups in total. The van der Waals surface area contributed by atoms with Gasteiger partial charge in [0.1, 0.15) is 5.69 Å². The molecule has 0 bridgehead atoms. The van der Waals surface area contributed by atoms with Crippen LogP contribution in [0.4, 0.5) is 0 Å². The van der Waals surface area contributed by atoms with Crippen molar-refractivity contribution in [2.24, 2.45) is 0 Å². The first-order valence-electron chi connectivity index (χ1n) is 6.47. The highest BCUT2D eigenvalue weighted by Crippen LogP contribution is 2.15. The van der Waals surface area contributed by atoms with E-state index in [2.05, 4.69) is 24.1 Å². The molecule has 1 amide bonds. The summed E-state index contributed by atoms with van der Waals surface area (Å²) in [6, 6.07) is 4.28. The van der Waals surface area contributed by atoms with Crippen molar-refractivity contribution in [1.29, 1.82) is 0 Å². The van der Waals surface area contributed by atoms with Gasteiger partial charge >= 0.3 is 0 Å². The van der Waals surface area contributed by atoms with Crippen LogP contribution in [-0.4, -0.2) is 41.0 Å². The van der Waals surface area contributed by atoms with Crippen LogP contribution in [0, 0.1) is 13.8 Å². The monoisotopic (exact) mass is 247 g/mol. The Labute approximate surface area is 108 Å². The molecule has 2 atom stereocenters. The Morgan fingerprint density at radius 3 is 2.44 bits per heavy atom. The van der Waals surface area contributed by atoms with Gasteiger partial charge in [0.2, 0.25) is 0 Å². The number of piperazine rings is 1. The molecule has 2 unspecified atom stereocenters. The molecule has 1 aliphatic rings. The molecule has 4 nitrogen and oxygen atoms in total. The van der Waals surface area contributed by atoms with E-state index in [9.17, 15) is 4.79 Å². The summed E-state index contributed by atoms with van der Waals surface area (Å²) in [6.07, 6.45) is 0. The largest absolute Gasteiger partial charge is 0.329 e. The number of pyridine rings is 1. The maximum absolute atomic E-state index is 12.6. The summed E-state index contributed by atoms with van der Waals surface area (Å²) in [4.78, 5) is 18.9. The number of rotatable bonds is 1. The van der Waals surface area contributed by atoms with Gasteiger partial charge < -0.3 is 10.2 Å². The van der Waals surface area contributed by atoms with E-state index < -0.39 is 0 Å². The topological polar surface area (TPSA) is 45.2 Å².